The van der Waals surface area contributed by atoms with Crippen LogP contribution in [0.15, 0.2) is 41.0 Å². The second-order valence-corrected chi connectivity index (χ2v) is 4.87. The predicted molar refractivity (Wildman–Crippen MR) is 76.4 cm³/mol. The van der Waals surface area contributed by atoms with Crippen molar-refractivity contribution < 1.29 is 9.15 Å². The van der Waals surface area contributed by atoms with Crippen LogP contribution in [0.3, 0.4) is 0 Å². The summed E-state index contributed by atoms with van der Waals surface area (Å²) < 4.78 is 10.8. The summed E-state index contributed by atoms with van der Waals surface area (Å²) >= 11 is 0. The minimum Gasteiger partial charge on any atom is -0.496 e. The molecular formula is C16H21NO2. The normalized spacial score (nSPS) is 14.1. The molecule has 2 unspecified atom stereocenters. The molecule has 2 aromatic rings. The van der Waals surface area contributed by atoms with Crippen molar-refractivity contribution in [3.63, 3.8) is 0 Å². The molecule has 0 spiro atoms. The van der Waals surface area contributed by atoms with Gasteiger partial charge in [-0.05, 0) is 39.0 Å². The maximum atomic E-state index is 5.43. The maximum Gasteiger partial charge on any atom is 0.123 e. The number of nitrogens with one attached hydrogen (secondary N) is 1. The molecule has 3 nitrogen and oxygen atoms in total. The van der Waals surface area contributed by atoms with Crippen LogP contribution in [0, 0.1) is 6.92 Å². The molecule has 2 rings (SSSR count). The average molecular weight is 259 g/mol. The Balaban J connectivity index is 2.15. The fourth-order valence-electron chi connectivity index (χ4n) is 2.28. The number of furan rings is 1. The lowest BCUT2D eigenvalue weighted by molar-refractivity contribution is 0.379. The molecule has 0 saturated carbocycles. The zero-order chi connectivity index (χ0) is 13.8. The molecule has 0 aliphatic carbocycles. The predicted octanol–water partition coefficient (Wildman–Crippen LogP) is 4.01. The van der Waals surface area contributed by atoms with E-state index in [-0.39, 0.29) is 12.1 Å². The molecule has 19 heavy (non-hydrogen) atoms. The highest BCUT2D eigenvalue weighted by Gasteiger charge is 2.16. The first kappa shape index (κ1) is 13.7. The first-order valence-corrected chi connectivity index (χ1v) is 6.55. The van der Waals surface area contributed by atoms with Gasteiger partial charge in [-0.25, -0.2) is 0 Å². The van der Waals surface area contributed by atoms with Gasteiger partial charge in [-0.15, -0.1) is 0 Å². The van der Waals surface area contributed by atoms with Crippen molar-refractivity contribution in [1.29, 1.82) is 0 Å². The zero-order valence-electron chi connectivity index (χ0n) is 11.9. The number of ether oxygens (including phenoxy) is 1. The number of hydrogen-bond acceptors (Lipinski definition) is 3. The Labute approximate surface area is 114 Å². The summed E-state index contributed by atoms with van der Waals surface area (Å²) in [5.41, 5.74) is 2.40. The standard InChI is InChI=1S/C16H21NO2/c1-11-7-8-16(18-4)14(10-11)12(2)17-13(3)15-6-5-9-19-15/h5-10,12-13,17H,1-4H3. The molecule has 0 amide bonds. The molecule has 0 saturated heterocycles. The van der Waals surface area contributed by atoms with E-state index in [2.05, 4.69) is 38.2 Å². The van der Waals surface area contributed by atoms with E-state index in [0.717, 1.165) is 11.5 Å². The molecule has 1 heterocycles. The summed E-state index contributed by atoms with van der Waals surface area (Å²) in [4.78, 5) is 0. The van der Waals surface area contributed by atoms with Crippen LogP contribution in [0.1, 0.15) is 42.8 Å². The van der Waals surface area contributed by atoms with Crippen molar-refractivity contribution in [2.75, 3.05) is 7.11 Å². The number of hydrogen-bond donors (Lipinski definition) is 1. The quantitative estimate of drug-likeness (QED) is 0.881. The molecule has 3 heteroatoms. The highest BCUT2D eigenvalue weighted by atomic mass is 16.5. The minimum atomic E-state index is 0.162. The van der Waals surface area contributed by atoms with Crippen molar-refractivity contribution >= 4 is 0 Å². The van der Waals surface area contributed by atoms with Gasteiger partial charge in [-0.2, -0.15) is 0 Å². The maximum absolute atomic E-state index is 5.43. The van der Waals surface area contributed by atoms with Gasteiger partial charge >= 0.3 is 0 Å². The Bertz CT molecular complexity index is 520. The molecule has 1 N–H and O–H groups in total. The minimum absolute atomic E-state index is 0.162. The van der Waals surface area contributed by atoms with Crippen LogP contribution in [0.2, 0.25) is 0 Å². The molecule has 0 radical (unpaired) electrons. The van der Waals surface area contributed by atoms with Gasteiger partial charge < -0.3 is 14.5 Å². The zero-order valence-corrected chi connectivity index (χ0v) is 11.9. The smallest absolute Gasteiger partial charge is 0.123 e. The summed E-state index contributed by atoms with van der Waals surface area (Å²) in [5, 5.41) is 3.53. The largest absolute Gasteiger partial charge is 0.496 e. The Kier molecular flexibility index (Phi) is 4.27. The number of aryl methyl sites for hydroxylation is 1. The average Bonchev–Trinajstić information content (AvgIpc) is 2.92. The van der Waals surface area contributed by atoms with E-state index in [9.17, 15) is 0 Å². The summed E-state index contributed by atoms with van der Waals surface area (Å²) in [6, 6.07) is 10.5. The van der Waals surface area contributed by atoms with Gasteiger partial charge in [0.2, 0.25) is 0 Å². The number of rotatable bonds is 5. The Morgan fingerprint density at radius 1 is 1.16 bits per heavy atom. The Hall–Kier alpha value is -1.74. The summed E-state index contributed by atoms with van der Waals surface area (Å²) in [5.74, 6) is 1.86. The van der Waals surface area contributed by atoms with Gasteiger partial charge in [0.15, 0.2) is 0 Å². The van der Waals surface area contributed by atoms with Crippen molar-refractivity contribution in [2.45, 2.75) is 32.9 Å². The highest BCUT2D eigenvalue weighted by Crippen LogP contribution is 2.28. The van der Waals surface area contributed by atoms with Gasteiger partial charge in [0, 0.05) is 11.6 Å². The van der Waals surface area contributed by atoms with Crippen LogP contribution in [-0.4, -0.2) is 7.11 Å². The number of methoxy groups -OCH3 is 1. The van der Waals surface area contributed by atoms with Crippen LogP contribution in [0.5, 0.6) is 5.75 Å². The monoisotopic (exact) mass is 259 g/mol. The topological polar surface area (TPSA) is 34.4 Å². The van der Waals surface area contributed by atoms with Crippen molar-refractivity contribution in [3.8, 4) is 5.75 Å². The molecular weight excluding hydrogens is 238 g/mol. The highest BCUT2D eigenvalue weighted by molar-refractivity contribution is 5.39. The van der Waals surface area contributed by atoms with Gasteiger partial charge in [-0.1, -0.05) is 17.7 Å². The van der Waals surface area contributed by atoms with E-state index < -0.39 is 0 Å². The molecule has 0 bridgehead atoms. The van der Waals surface area contributed by atoms with E-state index in [4.69, 9.17) is 9.15 Å². The molecule has 0 aliphatic rings. The number of benzene rings is 1. The van der Waals surface area contributed by atoms with E-state index in [1.54, 1.807) is 13.4 Å². The molecule has 0 fully saturated rings. The Morgan fingerprint density at radius 2 is 1.95 bits per heavy atom. The third-order valence-corrected chi connectivity index (χ3v) is 3.32. The van der Waals surface area contributed by atoms with Crippen LogP contribution >= 0.6 is 0 Å². The van der Waals surface area contributed by atoms with E-state index in [1.165, 1.54) is 11.1 Å². The van der Waals surface area contributed by atoms with Gasteiger partial charge in [-0.3, -0.25) is 0 Å². The molecule has 2 atom stereocenters. The van der Waals surface area contributed by atoms with E-state index in [0.29, 0.717) is 0 Å². The second-order valence-electron chi connectivity index (χ2n) is 4.87. The molecule has 1 aromatic heterocycles. The van der Waals surface area contributed by atoms with Crippen LogP contribution in [-0.2, 0) is 0 Å². The third-order valence-electron chi connectivity index (χ3n) is 3.32. The summed E-state index contributed by atoms with van der Waals surface area (Å²) in [6.45, 7) is 6.32. The fourth-order valence-corrected chi connectivity index (χ4v) is 2.28. The van der Waals surface area contributed by atoms with Gasteiger partial charge in [0.05, 0.1) is 19.4 Å². The van der Waals surface area contributed by atoms with Crippen LogP contribution in [0.25, 0.3) is 0 Å². The third kappa shape index (κ3) is 3.18. The second kappa shape index (κ2) is 5.93. The van der Waals surface area contributed by atoms with E-state index in [1.807, 2.05) is 18.2 Å². The van der Waals surface area contributed by atoms with Crippen LogP contribution in [0.4, 0.5) is 0 Å². The SMILES string of the molecule is COc1ccc(C)cc1C(C)NC(C)c1ccco1. The lowest BCUT2D eigenvalue weighted by Crippen LogP contribution is -2.22. The molecule has 0 aliphatic heterocycles. The van der Waals surface area contributed by atoms with Crippen molar-refractivity contribution in [2.24, 2.45) is 0 Å². The lowest BCUT2D eigenvalue weighted by atomic mass is 10.0. The first-order valence-electron chi connectivity index (χ1n) is 6.55. The molecule has 1 aromatic carbocycles. The lowest BCUT2D eigenvalue weighted by Gasteiger charge is -2.21. The van der Waals surface area contributed by atoms with E-state index >= 15 is 0 Å². The fraction of sp³-hybridized carbons (Fsp3) is 0.375. The van der Waals surface area contributed by atoms with Gasteiger partial charge in [0.1, 0.15) is 11.5 Å². The van der Waals surface area contributed by atoms with Crippen LogP contribution < -0.4 is 10.1 Å². The van der Waals surface area contributed by atoms with Crippen molar-refractivity contribution in [1.82, 2.24) is 5.32 Å². The summed E-state index contributed by atoms with van der Waals surface area (Å²) in [7, 11) is 1.71. The van der Waals surface area contributed by atoms with Gasteiger partial charge in [0.25, 0.3) is 0 Å². The molecule has 102 valence electrons. The summed E-state index contributed by atoms with van der Waals surface area (Å²) in [6.07, 6.45) is 1.70. The Morgan fingerprint density at radius 3 is 2.58 bits per heavy atom. The van der Waals surface area contributed by atoms with Crippen molar-refractivity contribution in [3.05, 3.63) is 53.5 Å². The first-order chi connectivity index (χ1) is 9.11.